The first-order valence-corrected chi connectivity index (χ1v) is 10.7. The van der Waals surface area contributed by atoms with Crippen LogP contribution in [0, 0.1) is 6.92 Å². The maximum absolute atomic E-state index is 2.33. The Balaban J connectivity index is 0.000000921. The molecule has 1 atom stereocenters. The van der Waals surface area contributed by atoms with Crippen molar-refractivity contribution in [2.75, 3.05) is 0 Å². The lowest BCUT2D eigenvalue weighted by molar-refractivity contribution is 0.691. The van der Waals surface area contributed by atoms with E-state index in [0.717, 1.165) is 0 Å². The molecule has 0 saturated carbocycles. The van der Waals surface area contributed by atoms with E-state index in [0.29, 0.717) is 5.92 Å². The van der Waals surface area contributed by atoms with E-state index in [1.54, 1.807) is 0 Å². The minimum absolute atomic E-state index is 0.148. The average Bonchev–Trinajstić information content (AvgIpc) is 2.77. The van der Waals surface area contributed by atoms with E-state index in [4.69, 9.17) is 0 Å². The Morgan fingerprint density at radius 2 is 0.964 bits per heavy atom. The van der Waals surface area contributed by atoms with Crippen LogP contribution in [0.3, 0.4) is 0 Å². The van der Waals surface area contributed by atoms with Crippen molar-refractivity contribution in [1.82, 2.24) is 0 Å². The largest absolute Gasteiger partial charge is 0.0683 e. The maximum atomic E-state index is 2.33. The normalized spacial score (nSPS) is 12.2. The van der Waals surface area contributed by atoms with Crippen molar-refractivity contribution in [2.24, 2.45) is 0 Å². The lowest BCUT2D eigenvalue weighted by Gasteiger charge is -2.32. The number of hydrogen-bond donors (Lipinski definition) is 0. The van der Waals surface area contributed by atoms with E-state index in [9.17, 15) is 0 Å². The summed E-state index contributed by atoms with van der Waals surface area (Å²) in [4.78, 5) is 0. The zero-order chi connectivity index (χ0) is 21.2. The summed E-state index contributed by atoms with van der Waals surface area (Å²) in [7, 11) is 0. The number of rotatable bonds is 4. The summed E-state index contributed by atoms with van der Waals surface area (Å²) >= 11 is 0. The zero-order valence-electron chi connectivity index (χ0n) is 19.1. The van der Waals surface area contributed by atoms with Gasteiger partial charge in [0.2, 0.25) is 0 Å². The lowest BCUT2D eigenvalue weighted by atomic mass is 9.71. The average molecular weight is 375 g/mol. The molecule has 0 bridgehead atoms. The van der Waals surface area contributed by atoms with E-state index in [2.05, 4.69) is 107 Å². The van der Waals surface area contributed by atoms with Crippen LogP contribution in [0.4, 0.5) is 0 Å². The maximum Gasteiger partial charge on any atom is 0.0423 e. The van der Waals surface area contributed by atoms with Gasteiger partial charge in [-0.3, -0.25) is 0 Å². The Morgan fingerprint density at radius 1 is 0.571 bits per heavy atom. The molecule has 28 heavy (non-hydrogen) atoms. The van der Waals surface area contributed by atoms with Gasteiger partial charge < -0.3 is 0 Å². The lowest BCUT2D eigenvalue weighted by Crippen LogP contribution is -2.25. The third-order valence-corrected chi connectivity index (χ3v) is 5.13. The molecule has 0 heteroatoms. The molecule has 0 aromatic heterocycles. The van der Waals surface area contributed by atoms with Crippen LogP contribution < -0.4 is 0 Å². The molecular formula is C28H38. The molecule has 1 unspecified atom stereocenters. The van der Waals surface area contributed by atoms with Crippen molar-refractivity contribution in [3.63, 3.8) is 0 Å². The van der Waals surface area contributed by atoms with Crippen molar-refractivity contribution < 1.29 is 0 Å². The van der Waals surface area contributed by atoms with Gasteiger partial charge in [-0.25, -0.2) is 0 Å². The second-order valence-corrected chi connectivity index (χ2v) is 7.13. The van der Waals surface area contributed by atoms with Gasteiger partial charge >= 0.3 is 0 Å². The first-order chi connectivity index (χ1) is 13.5. The minimum atomic E-state index is -0.148. The van der Waals surface area contributed by atoms with Crippen molar-refractivity contribution in [2.45, 2.75) is 66.7 Å². The number of hydrogen-bond acceptors (Lipinski definition) is 0. The fourth-order valence-electron chi connectivity index (χ4n) is 3.36. The summed E-state index contributed by atoms with van der Waals surface area (Å²) in [6.07, 6.45) is 0. The Labute approximate surface area is 173 Å². The standard InChI is InChI=1S/C24H26.2C2H6/c1-18(2)20-12-16-23(17-13-20)24(4,21-8-6-5-7-9-21)22-14-10-19(3)11-15-22;2*1-2/h5-18H,1-4H3;2*1-2H3. The van der Waals surface area contributed by atoms with Crippen LogP contribution in [-0.2, 0) is 5.41 Å². The van der Waals surface area contributed by atoms with Crippen LogP contribution in [0.5, 0.6) is 0 Å². The summed E-state index contributed by atoms with van der Waals surface area (Å²) in [5.41, 5.74) is 6.52. The van der Waals surface area contributed by atoms with Gasteiger partial charge in [0.25, 0.3) is 0 Å². The third-order valence-electron chi connectivity index (χ3n) is 5.13. The molecule has 0 aliphatic rings. The fourth-order valence-corrected chi connectivity index (χ4v) is 3.36. The molecule has 0 fully saturated rings. The van der Waals surface area contributed by atoms with Gasteiger partial charge in [-0.15, -0.1) is 0 Å². The second kappa shape index (κ2) is 11.5. The first-order valence-electron chi connectivity index (χ1n) is 10.7. The molecule has 3 aromatic rings. The highest BCUT2D eigenvalue weighted by Gasteiger charge is 2.30. The molecule has 0 nitrogen and oxygen atoms in total. The predicted octanol–water partition coefficient (Wildman–Crippen LogP) is 8.53. The van der Waals surface area contributed by atoms with Gasteiger partial charge in [-0.05, 0) is 42.0 Å². The van der Waals surface area contributed by atoms with Crippen LogP contribution in [0.2, 0.25) is 0 Å². The highest BCUT2D eigenvalue weighted by atomic mass is 14.3. The topological polar surface area (TPSA) is 0 Å². The smallest absolute Gasteiger partial charge is 0.0423 e. The molecule has 150 valence electrons. The summed E-state index contributed by atoms with van der Waals surface area (Å²) in [6.45, 7) is 17.0. The Kier molecular flexibility index (Phi) is 9.73. The molecule has 0 N–H and O–H groups in total. The quantitative estimate of drug-likeness (QED) is 0.401. The van der Waals surface area contributed by atoms with Gasteiger partial charge in [-0.1, -0.05) is 126 Å². The van der Waals surface area contributed by atoms with Gasteiger partial charge in [0.1, 0.15) is 0 Å². The van der Waals surface area contributed by atoms with Gasteiger partial charge in [0.15, 0.2) is 0 Å². The van der Waals surface area contributed by atoms with Crippen LogP contribution >= 0.6 is 0 Å². The molecule has 0 saturated heterocycles. The molecule has 0 spiro atoms. The third kappa shape index (κ3) is 5.35. The van der Waals surface area contributed by atoms with Crippen LogP contribution in [0.15, 0.2) is 78.9 Å². The van der Waals surface area contributed by atoms with Crippen LogP contribution in [0.25, 0.3) is 0 Å². The van der Waals surface area contributed by atoms with Crippen LogP contribution in [0.1, 0.15) is 82.2 Å². The molecule has 0 aliphatic heterocycles. The molecule has 3 aromatic carbocycles. The fraction of sp³-hybridized carbons (Fsp3) is 0.357. The Hall–Kier alpha value is -2.34. The monoisotopic (exact) mass is 374 g/mol. The van der Waals surface area contributed by atoms with Gasteiger partial charge in [-0.2, -0.15) is 0 Å². The minimum Gasteiger partial charge on any atom is -0.0683 e. The molecule has 0 aliphatic carbocycles. The van der Waals surface area contributed by atoms with Crippen LogP contribution in [-0.4, -0.2) is 0 Å². The molecular weight excluding hydrogens is 336 g/mol. The molecule has 0 radical (unpaired) electrons. The number of benzene rings is 3. The Bertz CT molecular complexity index is 780. The highest BCUT2D eigenvalue weighted by molar-refractivity contribution is 5.50. The molecule has 0 heterocycles. The second-order valence-electron chi connectivity index (χ2n) is 7.13. The van der Waals surface area contributed by atoms with Crippen molar-refractivity contribution in [3.8, 4) is 0 Å². The van der Waals surface area contributed by atoms with Crippen molar-refractivity contribution in [3.05, 3.63) is 107 Å². The van der Waals surface area contributed by atoms with E-state index in [1.807, 2.05) is 27.7 Å². The van der Waals surface area contributed by atoms with Gasteiger partial charge in [0, 0.05) is 5.41 Å². The van der Waals surface area contributed by atoms with Gasteiger partial charge in [0.05, 0.1) is 0 Å². The summed E-state index contributed by atoms with van der Waals surface area (Å²) in [6, 6.07) is 28.9. The van der Waals surface area contributed by atoms with E-state index >= 15 is 0 Å². The number of aryl methyl sites for hydroxylation is 1. The highest BCUT2D eigenvalue weighted by Crippen LogP contribution is 2.39. The predicted molar refractivity (Wildman–Crippen MR) is 126 cm³/mol. The molecule has 0 amide bonds. The first kappa shape index (κ1) is 23.7. The zero-order valence-corrected chi connectivity index (χ0v) is 19.1. The Morgan fingerprint density at radius 3 is 1.39 bits per heavy atom. The van der Waals surface area contributed by atoms with Crippen molar-refractivity contribution >= 4 is 0 Å². The molecule has 3 rings (SSSR count). The van der Waals surface area contributed by atoms with E-state index in [1.165, 1.54) is 27.8 Å². The SMILES string of the molecule is CC.CC.Cc1ccc(C(C)(c2ccccc2)c2ccc(C(C)C)cc2)cc1. The van der Waals surface area contributed by atoms with E-state index < -0.39 is 0 Å². The van der Waals surface area contributed by atoms with Crippen molar-refractivity contribution in [1.29, 1.82) is 0 Å². The van der Waals surface area contributed by atoms with E-state index in [-0.39, 0.29) is 5.41 Å². The summed E-state index contributed by atoms with van der Waals surface area (Å²) in [5, 5.41) is 0. The summed E-state index contributed by atoms with van der Waals surface area (Å²) in [5.74, 6) is 0.557. The summed E-state index contributed by atoms with van der Waals surface area (Å²) < 4.78 is 0.